The van der Waals surface area contributed by atoms with Gasteiger partial charge in [-0.15, -0.1) is 0 Å². The van der Waals surface area contributed by atoms with Gasteiger partial charge in [0.05, 0.1) is 22.8 Å². The summed E-state index contributed by atoms with van der Waals surface area (Å²) in [5.74, 6) is 1.01. The summed E-state index contributed by atoms with van der Waals surface area (Å²) in [7, 11) is 1.65. The van der Waals surface area contributed by atoms with Crippen molar-refractivity contribution in [3.05, 3.63) is 47.8 Å². The van der Waals surface area contributed by atoms with Gasteiger partial charge < -0.3 is 14.0 Å². The summed E-state index contributed by atoms with van der Waals surface area (Å²) in [6, 6.07) is 9.44. The van der Waals surface area contributed by atoms with E-state index in [-0.39, 0.29) is 11.9 Å². The third-order valence-corrected chi connectivity index (χ3v) is 5.15. The Labute approximate surface area is 149 Å². The van der Waals surface area contributed by atoms with Gasteiger partial charge in [-0.2, -0.15) is 4.98 Å². The number of methoxy groups -OCH3 is 1. The van der Waals surface area contributed by atoms with Gasteiger partial charge in [0.2, 0.25) is 0 Å². The number of fused-ring (bicyclic) bond motifs is 1. The van der Waals surface area contributed by atoms with E-state index in [1.165, 1.54) is 0 Å². The molecule has 0 spiro atoms. The zero-order valence-electron chi connectivity index (χ0n) is 14.5. The van der Waals surface area contributed by atoms with E-state index in [9.17, 15) is 4.55 Å². The maximum absolute atomic E-state index is 12.7. The van der Waals surface area contributed by atoms with Crippen molar-refractivity contribution in [2.75, 3.05) is 13.7 Å². The van der Waals surface area contributed by atoms with Crippen LogP contribution in [0.5, 0.6) is 5.75 Å². The number of hydrogen-bond acceptors (Lipinski definition) is 5. The predicted octanol–water partition coefficient (Wildman–Crippen LogP) is 2.99. The topological polar surface area (TPSA) is 83.1 Å². The number of hydrogen-bond donors (Lipinski definition) is 1. The molecule has 2 heterocycles. The number of aromatic nitrogens is 3. The number of nitrogens with one attached hydrogen (secondary N) is 1. The van der Waals surface area contributed by atoms with E-state index < -0.39 is 11.2 Å². The maximum atomic E-state index is 12.7. The Morgan fingerprint density at radius 1 is 1.28 bits per heavy atom. The number of ether oxygens (including phenoxy) is 2. The van der Waals surface area contributed by atoms with Crippen LogP contribution in [-0.4, -0.2) is 39.3 Å². The van der Waals surface area contributed by atoms with Gasteiger partial charge in [-0.05, 0) is 32.0 Å². The summed E-state index contributed by atoms with van der Waals surface area (Å²) < 4.78 is 23.6. The molecule has 2 unspecified atom stereocenters. The molecule has 0 aliphatic heterocycles. The summed E-state index contributed by atoms with van der Waals surface area (Å²) >= 11 is -1.31. The van der Waals surface area contributed by atoms with E-state index in [4.69, 9.17) is 9.47 Å². The second-order valence-corrected chi connectivity index (χ2v) is 7.15. The molecule has 3 aromatic rings. The van der Waals surface area contributed by atoms with Crippen molar-refractivity contribution in [2.45, 2.75) is 30.9 Å². The first-order valence-electron chi connectivity index (χ1n) is 8.01. The Morgan fingerprint density at radius 2 is 2.08 bits per heavy atom. The number of imidazole rings is 1. The number of nitrogens with zero attached hydrogens (tertiary/aromatic N) is 2. The van der Waals surface area contributed by atoms with Crippen LogP contribution in [0.3, 0.4) is 0 Å². The molecule has 0 aliphatic carbocycles. The van der Waals surface area contributed by atoms with Crippen molar-refractivity contribution >= 4 is 22.2 Å². The largest absolute Gasteiger partial charge is 0.609 e. The van der Waals surface area contributed by atoms with Gasteiger partial charge in [-0.1, -0.05) is 12.1 Å². The highest BCUT2D eigenvalue weighted by Crippen LogP contribution is 2.24. The number of rotatable bonds is 7. The van der Waals surface area contributed by atoms with Gasteiger partial charge in [0.25, 0.3) is 0 Å². The Kier molecular flexibility index (Phi) is 5.57. The monoisotopic (exact) mass is 359 g/mol. The predicted molar refractivity (Wildman–Crippen MR) is 97.1 cm³/mol. The highest BCUT2D eigenvalue weighted by Gasteiger charge is 2.20. The number of H-pyrrole nitrogens is 1. The van der Waals surface area contributed by atoms with E-state index in [1.807, 2.05) is 44.2 Å². The minimum absolute atomic E-state index is 0.000644. The van der Waals surface area contributed by atoms with E-state index >= 15 is 0 Å². The average Bonchev–Trinajstić information content (AvgIpc) is 3.06. The molecular weight excluding hydrogens is 338 g/mol. The normalized spacial score (nSPS) is 13.8. The van der Waals surface area contributed by atoms with Gasteiger partial charge in [0, 0.05) is 30.0 Å². The van der Waals surface area contributed by atoms with Gasteiger partial charge in [-0.3, -0.25) is 9.97 Å². The van der Waals surface area contributed by atoms with Crippen molar-refractivity contribution in [1.29, 1.82) is 0 Å². The van der Waals surface area contributed by atoms with Crippen LogP contribution in [0.4, 0.5) is 0 Å². The second-order valence-electron chi connectivity index (χ2n) is 5.79. The first-order valence-corrected chi connectivity index (χ1v) is 9.33. The quantitative estimate of drug-likeness (QED) is 0.656. The first-order chi connectivity index (χ1) is 12.1. The number of para-hydroxylation sites is 2. The highest BCUT2D eigenvalue weighted by atomic mass is 32.2. The molecule has 2 atom stereocenters. The van der Waals surface area contributed by atoms with Crippen LogP contribution < -0.4 is 4.74 Å². The smallest absolute Gasteiger partial charge is 0.322 e. The van der Waals surface area contributed by atoms with Gasteiger partial charge in [0.15, 0.2) is 5.75 Å². The van der Waals surface area contributed by atoms with Crippen molar-refractivity contribution in [3.63, 3.8) is 0 Å². The van der Waals surface area contributed by atoms with Gasteiger partial charge in [-0.25, -0.2) is 0 Å². The number of pyridine rings is 1. The molecule has 25 heavy (non-hydrogen) atoms. The molecule has 0 bridgehead atoms. The van der Waals surface area contributed by atoms with Crippen LogP contribution in [0.2, 0.25) is 0 Å². The van der Waals surface area contributed by atoms with Crippen LogP contribution in [0.1, 0.15) is 18.2 Å². The van der Waals surface area contributed by atoms with Crippen molar-refractivity contribution in [3.8, 4) is 5.75 Å². The Balaban J connectivity index is 1.75. The van der Waals surface area contributed by atoms with Crippen molar-refractivity contribution in [1.82, 2.24) is 15.0 Å². The van der Waals surface area contributed by atoms with Crippen LogP contribution >= 0.6 is 0 Å². The van der Waals surface area contributed by atoms with Crippen LogP contribution in [0.15, 0.2) is 41.7 Å². The fraction of sp³-hybridized carbons (Fsp3) is 0.333. The molecule has 0 saturated carbocycles. The molecule has 0 saturated heterocycles. The highest BCUT2D eigenvalue weighted by molar-refractivity contribution is 7.90. The lowest BCUT2D eigenvalue weighted by Crippen LogP contribution is -2.17. The van der Waals surface area contributed by atoms with Crippen molar-refractivity contribution in [2.24, 2.45) is 0 Å². The fourth-order valence-electron chi connectivity index (χ4n) is 2.37. The fourth-order valence-corrected chi connectivity index (χ4v) is 3.47. The van der Waals surface area contributed by atoms with E-state index in [1.54, 1.807) is 13.3 Å². The Bertz CT molecular complexity index is 819. The molecule has 0 fully saturated rings. The van der Waals surface area contributed by atoms with Gasteiger partial charge >= 0.3 is 5.16 Å². The third kappa shape index (κ3) is 4.12. The van der Waals surface area contributed by atoms with Crippen LogP contribution in [0.25, 0.3) is 11.0 Å². The van der Waals surface area contributed by atoms with E-state index in [0.717, 1.165) is 28.0 Å². The SMILES string of the molecule is COC(C)COc1ccnc(C[S+]([O-])c2nc3ccccc3[nH]2)c1C. The zero-order valence-corrected chi connectivity index (χ0v) is 15.3. The minimum Gasteiger partial charge on any atom is -0.609 e. The lowest BCUT2D eigenvalue weighted by Gasteiger charge is -2.15. The molecule has 1 aromatic carbocycles. The molecule has 6 nitrogen and oxygen atoms in total. The van der Waals surface area contributed by atoms with E-state index in [2.05, 4.69) is 15.0 Å². The molecule has 2 aromatic heterocycles. The van der Waals surface area contributed by atoms with E-state index in [0.29, 0.717) is 11.8 Å². The van der Waals surface area contributed by atoms with Crippen LogP contribution in [-0.2, 0) is 21.7 Å². The number of aromatic amines is 1. The standard InChI is InChI=1S/C18H21N3O3S/c1-12(23-3)10-24-17-8-9-19-16(13(17)2)11-25(22)18-20-14-6-4-5-7-15(14)21-18/h4-9,12H,10-11H2,1-3H3,(H,20,21). The molecule has 1 N–H and O–H groups in total. The second kappa shape index (κ2) is 7.86. The summed E-state index contributed by atoms with van der Waals surface area (Å²) in [6.07, 6.45) is 1.67. The van der Waals surface area contributed by atoms with Gasteiger partial charge in [0.1, 0.15) is 12.4 Å². The molecule has 0 radical (unpaired) electrons. The summed E-state index contributed by atoms with van der Waals surface area (Å²) in [6.45, 7) is 4.31. The minimum atomic E-state index is -1.31. The third-order valence-electron chi connectivity index (χ3n) is 3.99. The molecule has 0 amide bonds. The van der Waals surface area contributed by atoms with Crippen LogP contribution in [0, 0.1) is 6.92 Å². The Hall–Kier alpha value is -2.09. The summed E-state index contributed by atoms with van der Waals surface area (Å²) in [4.78, 5) is 11.9. The molecule has 132 valence electrons. The van der Waals surface area contributed by atoms with Crippen molar-refractivity contribution < 1.29 is 14.0 Å². The average molecular weight is 359 g/mol. The summed E-state index contributed by atoms with van der Waals surface area (Å²) in [5.41, 5.74) is 3.30. The maximum Gasteiger partial charge on any atom is 0.322 e. The molecule has 0 aliphatic rings. The lowest BCUT2D eigenvalue weighted by molar-refractivity contribution is 0.0713. The number of benzene rings is 1. The first kappa shape index (κ1) is 17.7. The Morgan fingerprint density at radius 3 is 2.84 bits per heavy atom. The molecule has 7 heteroatoms. The molecule has 3 rings (SSSR count). The summed E-state index contributed by atoms with van der Waals surface area (Å²) in [5, 5.41) is 0.460. The molecular formula is C18H21N3O3S. The lowest BCUT2D eigenvalue weighted by atomic mass is 10.2. The zero-order chi connectivity index (χ0) is 17.8.